The number of rotatable bonds is 5. The second-order valence-electron chi connectivity index (χ2n) is 6.10. The first-order valence-electron chi connectivity index (χ1n) is 6.90. The molecule has 2 heterocycles. The third-order valence-electron chi connectivity index (χ3n) is 3.98. The highest BCUT2D eigenvalue weighted by Crippen LogP contribution is 2.52. The van der Waals surface area contributed by atoms with E-state index >= 15 is 0 Å². The van der Waals surface area contributed by atoms with Crippen LogP contribution in [0.15, 0.2) is 45.6 Å². The molecule has 0 spiro atoms. The molecule has 4 nitrogen and oxygen atoms in total. The zero-order chi connectivity index (χ0) is 14.2. The number of nitrogens with zero attached hydrogens (tertiary/aromatic N) is 1. The van der Waals surface area contributed by atoms with Gasteiger partial charge in [-0.05, 0) is 36.1 Å². The third-order valence-corrected chi connectivity index (χ3v) is 3.98. The Hall–Kier alpha value is -1.97. The maximum Gasteiger partial charge on any atom is 0.227 e. The van der Waals surface area contributed by atoms with Crippen LogP contribution in [-0.4, -0.2) is 10.8 Å². The normalized spacial score (nSPS) is 19.8. The van der Waals surface area contributed by atoms with E-state index in [1.54, 1.807) is 12.5 Å². The Morgan fingerprint density at radius 1 is 1.20 bits per heavy atom. The lowest BCUT2D eigenvalue weighted by Crippen LogP contribution is -2.32. The number of carbonyl (C=O) groups excluding carboxylic acids is 1. The van der Waals surface area contributed by atoms with Gasteiger partial charge in [0.15, 0.2) is 0 Å². The quantitative estimate of drug-likeness (QED) is 0.838. The highest BCUT2D eigenvalue weighted by Gasteiger charge is 2.52. The molecule has 0 saturated heterocycles. The summed E-state index contributed by atoms with van der Waals surface area (Å²) in [6.07, 6.45) is 4.22. The second-order valence-corrected chi connectivity index (χ2v) is 6.10. The lowest BCUT2D eigenvalue weighted by atomic mass is 10.1. The van der Waals surface area contributed by atoms with Crippen molar-refractivity contribution in [2.45, 2.75) is 33.4 Å². The lowest BCUT2D eigenvalue weighted by molar-refractivity contribution is -0.135. The van der Waals surface area contributed by atoms with Gasteiger partial charge >= 0.3 is 0 Å². The van der Waals surface area contributed by atoms with Crippen LogP contribution >= 0.6 is 0 Å². The van der Waals surface area contributed by atoms with Gasteiger partial charge in [0.05, 0.1) is 25.6 Å². The topological polar surface area (TPSA) is 46.6 Å². The molecule has 3 rings (SSSR count). The van der Waals surface area contributed by atoms with E-state index < -0.39 is 0 Å². The largest absolute Gasteiger partial charge is 0.467 e. The van der Waals surface area contributed by atoms with Crippen LogP contribution in [0, 0.1) is 11.3 Å². The van der Waals surface area contributed by atoms with Crippen molar-refractivity contribution in [2.24, 2.45) is 11.3 Å². The third kappa shape index (κ3) is 2.64. The Morgan fingerprint density at radius 3 is 2.05 bits per heavy atom. The Balaban J connectivity index is 1.74. The molecule has 1 saturated carbocycles. The smallest absolute Gasteiger partial charge is 0.227 e. The molecule has 0 aromatic carbocycles. The van der Waals surface area contributed by atoms with E-state index in [0.717, 1.165) is 17.9 Å². The molecule has 1 aliphatic carbocycles. The molecule has 0 bridgehead atoms. The molecule has 1 unspecified atom stereocenters. The molecule has 1 aliphatic rings. The number of carbonyl (C=O) groups is 1. The minimum absolute atomic E-state index is 0.118. The minimum Gasteiger partial charge on any atom is -0.467 e. The van der Waals surface area contributed by atoms with Crippen molar-refractivity contribution in [1.82, 2.24) is 4.90 Å². The number of hydrogen-bond donors (Lipinski definition) is 0. The molecule has 2 aromatic rings. The highest BCUT2D eigenvalue weighted by atomic mass is 16.3. The maximum atomic E-state index is 12.6. The van der Waals surface area contributed by atoms with Crippen molar-refractivity contribution in [3.63, 3.8) is 0 Å². The first-order valence-corrected chi connectivity index (χ1v) is 6.90. The Labute approximate surface area is 118 Å². The van der Waals surface area contributed by atoms with E-state index in [2.05, 4.69) is 13.8 Å². The van der Waals surface area contributed by atoms with Crippen LogP contribution in [-0.2, 0) is 17.9 Å². The first kappa shape index (κ1) is 13.0. The van der Waals surface area contributed by atoms with Gasteiger partial charge in [0, 0.05) is 5.92 Å². The number of amides is 1. The van der Waals surface area contributed by atoms with Gasteiger partial charge in [0.2, 0.25) is 5.91 Å². The monoisotopic (exact) mass is 273 g/mol. The summed E-state index contributed by atoms with van der Waals surface area (Å²) in [7, 11) is 0. The zero-order valence-electron chi connectivity index (χ0n) is 11.8. The fourth-order valence-electron chi connectivity index (χ4n) is 2.50. The maximum absolute atomic E-state index is 12.6. The molecule has 0 radical (unpaired) electrons. The van der Waals surface area contributed by atoms with E-state index in [0.29, 0.717) is 13.1 Å². The fraction of sp³-hybridized carbons (Fsp3) is 0.438. The van der Waals surface area contributed by atoms with Crippen molar-refractivity contribution in [3.05, 3.63) is 48.3 Å². The summed E-state index contributed by atoms with van der Waals surface area (Å²) in [4.78, 5) is 14.4. The van der Waals surface area contributed by atoms with Gasteiger partial charge in [-0.2, -0.15) is 0 Å². The Bertz CT molecular complexity index is 533. The van der Waals surface area contributed by atoms with E-state index in [1.807, 2.05) is 29.2 Å². The molecular formula is C16H19NO3. The van der Waals surface area contributed by atoms with E-state index in [1.165, 1.54) is 0 Å². The van der Waals surface area contributed by atoms with Gasteiger partial charge in [-0.25, -0.2) is 0 Å². The Morgan fingerprint density at radius 2 is 1.70 bits per heavy atom. The van der Waals surface area contributed by atoms with Crippen LogP contribution in [0.2, 0.25) is 0 Å². The zero-order valence-corrected chi connectivity index (χ0v) is 11.8. The second kappa shape index (κ2) is 4.85. The van der Waals surface area contributed by atoms with E-state index in [9.17, 15) is 4.79 Å². The summed E-state index contributed by atoms with van der Waals surface area (Å²) in [6.45, 7) is 5.24. The molecule has 1 amide bonds. The van der Waals surface area contributed by atoms with Crippen molar-refractivity contribution in [3.8, 4) is 0 Å². The van der Waals surface area contributed by atoms with Crippen LogP contribution in [0.1, 0.15) is 31.8 Å². The Kier molecular flexibility index (Phi) is 3.16. The molecule has 2 aromatic heterocycles. The summed E-state index contributed by atoms with van der Waals surface area (Å²) in [6, 6.07) is 7.46. The van der Waals surface area contributed by atoms with Crippen LogP contribution in [0.3, 0.4) is 0 Å². The molecule has 1 atom stereocenters. The predicted molar refractivity (Wildman–Crippen MR) is 73.6 cm³/mol. The fourth-order valence-corrected chi connectivity index (χ4v) is 2.50. The molecule has 0 N–H and O–H groups in total. The van der Waals surface area contributed by atoms with Gasteiger partial charge < -0.3 is 13.7 Å². The molecule has 1 fully saturated rings. The summed E-state index contributed by atoms with van der Waals surface area (Å²) in [5.41, 5.74) is 0.127. The molecule has 4 heteroatoms. The van der Waals surface area contributed by atoms with E-state index in [-0.39, 0.29) is 17.2 Å². The molecule has 0 aliphatic heterocycles. The summed E-state index contributed by atoms with van der Waals surface area (Å²) < 4.78 is 10.7. The first-order chi connectivity index (χ1) is 9.56. The van der Waals surface area contributed by atoms with Crippen LogP contribution in [0.4, 0.5) is 0 Å². The SMILES string of the molecule is CC1(C)CC1C(=O)N(Cc1ccco1)Cc1ccco1. The van der Waals surface area contributed by atoms with Crippen molar-refractivity contribution in [2.75, 3.05) is 0 Å². The van der Waals surface area contributed by atoms with Gasteiger partial charge in [-0.1, -0.05) is 13.8 Å². The van der Waals surface area contributed by atoms with Gasteiger partial charge in [-0.3, -0.25) is 4.79 Å². The minimum atomic E-state index is 0.118. The van der Waals surface area contributed by atoms with Gasteiger partial charge in [0.25, 0.3) is 0 Å². The lowest BCUT2D eigenvalue weighted by Gasteiger charge is -2.21. The highest BCUT2D eigenvalue weighted by molar-refractivity contribution is 5.82. The van der Waals surface area contributed by atoms with Gasteiger partial charge in [-0.15, -0.1) is 0 Å². The summed E-state index contributed by atoms with van der Waals surface area (Å²) in [5, 5.41) is 0. The molecular weight excluding hydrogens is 254 g/mol. The van der Waals surface area contributed by atoms with Crippen LogP contribution < -0.4 is 0 Å². The summed E-state index contributed by atoms with van der Waals surface area (Å²) in [5.74, 6) is 1.89. The standard InChI is InChI=1S/C16H19NO3/c1-16(2)9-14(16)15(18)17(10-12-5-3-7-19-12)11-13-6-4-8-20-13/h3-8,14H,9-11H2,1-2H3. The van der Waals surface area contributed by atoms with E-state index in [4.69, 9.17) is 8.83 Å². The number of hydrogen-bond acceptors (Lipinski definition) is 3. The van der Waals surface area contributed by atoms with Crippen LogP contribution in [0.25, 0.3) is 0 Å². The molecule has 20 heavy (non-hydrogen) atoms. The van der Waals surface area contributed by atoms with Crippen molar-refractivity contribution >= 4 is 5.91 Å². The van der Waals surface area contributed by atoms with Crippen molar-refractivity contribution < 1.29 is 13.6 Å². The average molecular weight is 273 g/mol. The van der Waals surface area contributed by atoms with Crippen molar-refractivity contribution in [1.29, 1.82) is 0 Å². The van der Waals surface area contributed by atoms with Gasteiger partial charge in [0.1, 0.15) is 11.5 Å². The predicted octanol–water partition coefficient (Wildman–Crippen LogP) is 3.45. The molecule has 106 valence electrons. The average Bonchev–Trinajstić information content (AvgIpc) is 2.88. The number of furan rings is 2. The summed E-state index contributed by atoms with van der Waals surface area (Å²) >= 11 is 0. The van der Waals surface area contributed by atoms with Crippen LogP contribution in [0.5, 0.6) is 0 Å².